The first-order valence-electron chi connectivity index (χ1n) is 4.32. The third-order valence-electron chi connectivity index (χ3n) is 2.36. The first-order valence-corrected chi connectivity index (χ1v) is 5.31. The Morgan fingerprint density at radius 2 is 2.18 bits per heavy atom. The van der Waals surface area contributed by atoms with E-state index in [2.05, 4.69) is 27.7 Å². The zero-order valence-corrected chi connectivity index (χ0v) is 8.70. The van der Waals surface area contributed by atoms with Gasteiger partial charge in [0.1, 0.15) is 4.93 Å². The van der Waals surface area contributed by atoms with Gasteiger partial charge in [0, 0.05) is 5.75 Å². The van der Waals surface area contributed by atoms with E-state index in [1.165, 1.54) is 5.75 Å². The largest absolute Gasteiger partial charge is 0.364 e. The third-order valence-corrected chi connectivity index (χ3v) is 4.26. The number of thioether (sulfide) groups is 1. The minimum absolute atomic E-state index is 0.0759. The second-order valence-electron chi connectivity index (χ2n) is 3.90. The summed E-state index contributed by atoms with van der Waals surface area (Å²) in [6.07, 6.45) is 0. The van der Waals surface area contributed by atoms with Gasteiger partial charge >= 0.3 is 0 Å². The van der Waals surface area contributed by atoms with Gasteiger partial charge in [-0.2, -0.15) is 0 Å². The smallest absolute Gasteiger partial charge is 0.113 e. The van der Waals surface area contributed by atoms with Crippen LogP contribution in [0.4, 0.5) is 0 Å². The van der Waals surface area contributed by atoms with Crippen molar-refractivity contribution < 1.29 is 4.74 Å². The van der Waals surface area contributed by atoms with Crippen LogP contribution >= 0.6 is 11.8 Å². The monoisotopic (exact) mass is 174 g/mol. The Morgan fingerprint density at radius 3 is 2.55 bits per heavy atom. The summed E-state index contributed by atoms with van der Waals surface area (Å²) >= 11 is 1.96. The van der Waals surface area contributed by atoms with Crippen molar-refractivity contribution in [3.8, 4) is 0 Å². The van der Waals surface area contributed by atoms with Gasteiger partial charge in [-0.25, -0.2) is 0 Å². The zero-order chi connectivity index (χ0) is 8.48. The molecule has 0 aromatic rings. The highest BCUT2D eigenvalue weighted by Crippen LogP contribution is 2.38. The number of hydrogen-bond acceptors (Lipinski definition) is 2. The van der Waals surface area contributed by atoms with Gasteiger partial charge in [-0.05, 0) is 18.8 Å². The Balaban J connectivity index is 2.48. The third kappa shape index (κ3) is 2.12. The van der Waals surface area contributed by atoms with Crippen LogP contribution in [0.5, 0.6) is 0 Å². The van der Waals surface area contributed by atoms with E-state index in [0.717, 1.165) is 12.5 Å². The fourth-order valence-electron chi connectivity index (χ4n) is 1.04. The predicted molar refractivity (Wildman–Crippen MR) is 50.8 cm³/mol. The molecule has 1 heterocycles. The molecule has 1 aliphatic rings. The molecule has 1 rings (SSSR count). The molecule has 0 spiro atoms. The van der Waals surface area contributed by atoms with Crippen LogP contribution in [-0.2, 0) is 4.74 Å². The highest BCUT2D eigenvalue weighted by Gasteiger charge is 2.34. The minimum Gasteiger partial charge on any atom is -0.364 e. The molecule has 0 aromatic heterocycles. The first kappa shape index (κ1) is 9.40. The second-order valence-corrected chi connectivity index (χ2v) is 5.33. The SMILES string of the molecule is CC(C)[C@@]1(C)OC[C@H](C)CS1. The summed E-state index contributed by atoms with van der Waals surface area (Å²) in [4.78, 5) is 0.0759. The molecule has 0 saturated carbocycles. The van der Waals surface area contributed by atoms with Crippen molar-refractivity contribution in [2.75, 3.05) is 12.4 Å². The van der Waals surface area contributed by atoms with Crippen LogP contribution in [0.25, 0.3) is 0 Å². The van der Waals surface area contributed by atoms with Crippen molar-refractivity contribution in [3.63, 3.8) is 0 Å². The van der Waals surface area contributed by atoms with Gasteiger partial charge in [0.15, 0.2) is 0 Å². The van der Waals surface area contributed by atoms with Gasteiger partial charge in [0.05, 0.1) is 6.61 Å². The van der Waals surface area contributed by atoms with E-state index in [4.69, 9.17) is 4.74 Å². The number of ether oxygens (including phenoxy) is 1. The lowest BCUT2D eigenvalue weighted by Gasteiger charge is -2.39. The van der Waals surface area contributed by atoms with Gasteiger partial charge in [-0.15, -0.1) is 11.8 Å². The van der Waals surface area contributed by atoms with Crippen molar-refractivity contribution in [1.82, 2.24) is 0 Å². The highest BCUT2D eigenvalue weighted by atomic mass is 32.2. The van der Waals surface area contributed by atoms with E-state index in [1.807, 2.05) is 11.8 Å². The predicted octanol–water partition coefficient (Wildman–Crippen LogP) is 2.76. The van der Waals surface area contributed by atoms with Crippen LogP contribution in [-0.4, -0.2) is 17.3 Å². The van der Waals surface area contributed by atoms with E-state index in [-0.39, 0.29) is 4.93 Å². The maximum absolute atomic E-state index is 5.80. The van der Waals surface area contributed by atoms with Crippen LogP contribution in [0, 0.1) is 11.8 Å². The van der Waals surface area contributed by atoms with Gasteiger partial charge in [0.25, 0.3) is 0 Å². The Labute approximate surface area is 73.9 Å². The van der Waals surface area contributed by atoms with E-state index < -0.39 is 0 Å². The van der Waals surface area contributed by atoms with Crippen LogP contribution in [0.1, 0.15) is 27.7 Å². The van der Waals surface area contributed by atoms with Gasteiger partial charge in [0.2, 0.25) is 0 Å². The maximum atomic E-state index is 5.80. The van der Waals surface area contributed by atoms with Crippen LogP contribution in [0.15, 0.2) is 0 Å². The molecule has 66 valence electrons. The van der Waals surface area contributed by atoms with Crippen LogP contribution in [0.3, 0.4) is 0 Å². The fraction of sp³-hybridized carbons (Fsp3) is 1.00. The van der Waals surface area contributed by atoms with E-state index in [1.54, 1.807) is 0 Å². The fourth-order valence-corrected chi connectivity index (χ4v) is 2.23. The van der Waals surface area contributed by atoms with Crippen molar-refractivity contribution in [3.05, 3.63) is 0 Å². The lowest BCUT2D eigenvalue weighted by atomic mass is 10.1. The quantitative estimate of drug-likeness (QED) is 0.604. The van der Waals surface area contributed by atoms with Gasteiger partial charge in [-0.3, -0.25) is 0 Å². The topological polar surface area (TPSA) is 9.23 Å². The molecule has 11 heavy (non-hydrogen) atoms. The summed E-state index contributed by atoms with van der Waals surface area (Å²) < 4.78 is 5.80. The Hall–Kier alpha value is 0.310. The molecule has 1 fully saturated rings. The maximum Gasteiger partial charge on any atom is 0.113 e. The molecule has 0 aromatic carbocycles. The molecular formula is C9H18OS. The molecule has 0 unspecified atom stereocenters. The summed E-state index contributed by atoms with van der Waals surface area (Å²) in [5.74, 6) is 2.58. The van der Waals surface area contributed by atoms with Crippen molar-refractivity contribution >= 4 is 11.8 Å². The molecule has 0 amide bonds. The van der Waals surface area contributed by atoms with Crippen molar-refractivity contribution in [1.29, 1.82) is 0 Å². The Morgan fingerprint density at radius 1 is 1.55 bits per heavy atom. The summed E-state index contributed by atoms with van der Waals surface area (Å²) in [5, 5.41) is 0. The average Bonchev–Trinajstić information content (AvgIpc) is 1.95. The molecule has 2 heteroatoms. The highest BCUT2D eigenvalue weighted by molar-refractivity contribution is 8.00. The van der Waals surface area contributed by atoms with E-state index in [0.29, 0.717) is 5.92 Å². The van der Waals surface area contributed by atoms with E-state index >= 15 is 0 Å². The molecule has 0 N–H and O–H groups in total. The molecule has 0 aliphatic carbocycles. The van der Waals surface area contributed by atoms with Crippen molar-refractivity contribution in [2.24, 2.45) is 11.8 Å². The molecule has 2 atom stereocenters. The van der Waals surface area contributed by atoms with Gasteiger partial charge < -0.3 is 4.74 Å². The number of rotatable bonds is 1. The zero-order valence-electron chi connectivity index (χ0n) is 7.89. The molecular weight excluding hydrogens is 156 g/mol. The lowest BCUT2D eigenvalue weighted by Crippen LogP contribution is -2.38. The summed E-state index contributed by atoms with van der Waals surface area (Å²) in [5.41, 5.74) is 0. The average molecular weight is 174 g/mol. The summed E-state index contributed by atoms with van der Waals surface area (Å²) in [7, 11) is 0. The molecule has 0 bridgehead atoms. The molecule has 1 saturated heterocycles. The van der Waals surface area contributed by atoms with Crippen LogP contribution < -0.4 is 0 Å². The van der Waals surface area contributed by atoms with Gasteiger partial charge in [-0.1, -0.05) is 20.8 Å². The number of hydrogen-bond donors (Lipinski definition) is 0. The van der Waals surface area contributed by atoms with E-state index in [9.17, 15) is 0 Å². The first-order chi connectivity index (χ1) is 5.04. The summed E-state index contributed by atoms with van der Waals surface area (Å²) in [6.45, 7) is 9.83. The van der Waals surface area contributed by atoms with Crippen LogP contribution in [0.2, 0.25) is 0 Å². The molecule has 1 aliphatic heterocycles. The normalized spacial score (nSPS) is 39.5. The summed E-state index contributed by atoms with van der Waals surface area (Å²) in [6, 6.07) is 0. The Kier molecular flexibility index (Phi) is 2.87. The Bertz CT molecular complexity index is 126. The standard InChI is InChI=1S/C9H18OS/c1-7(2)9(4)10-5-8(3)6-11-9/h7-8H,5-6H2,1-4H3/t8-,9-/m0/s1. The molecule has 1 nitrogen and oxygen atoms in total. The second kappa shape index (κ2) is 3.36. The molecule has 0 radical (unpaired) electrons. The minimum atomic E-state index is 0.0759. The van der Waals surface area contributed by atoms with Crippen molar-refractivity contribution in [2.45, 2.75) is 32.6 Å². The lowest BCUT2D eigenvalue weighted by molar-refractivity contribution is -0.0148.